The first-order valence-corrected chi connectivity index (χ1v) is 14.7. The highest BCUT2D eigenvalue weighted by Crippen LogP contribution is 2.34. The van der Waals surface area contributed by atoms with E-state index in [1.807, 2.05) is 60.0 Å². The van der Waals surface area contributed by atoms with Crippen LogP contribution in [0.25, 0.3) is 6.08 Å². The molecule has 0 aliphatic carbocycles. The number of para-hydroxylation sites is 1. The van der Waals surface area contributed by atoms with Crippen LogP contribution in [0.2, 0.25) is 0 Å². The lowest BCUT2D eigenvalue weighted by molar-refractivity contribution is -0.139. The Bertz CT molecular complexity index is 1720. The molecule has 3 heterocycles. The predicted octanol–water partition coefficient (Wildman–Crippen LogP) is 5.21. The van der Waals surface area contributed by atoms with Crippen LogP contribution < -0.4 is 24.4 Å². The number of aromatic nitrogens is 1. The number of ether oxygens (including phenoxy) is 3. The molecule has 39 heavy (non-hydrogen) atoms. The summed E-state index contributed by atoms with van der Waals surface area (Å²) in [5.74, 6) is 0.625. The Morgan fingerprint density at radius 1 is 1.15 bits per heavy atom. The fourth-order valence-electron chi connectivity index (χ4n) is 4.35. The second-order valence-corrected chi connectivity index (χ2v) is 11.5. The minimum Gasteiger partial charge on any atom is -0.493 e. The van der Waals surface area contributed by atoms with Crippen molar-refractivity contribution in [1.29, 1.82) is 0 Å². The molecule has 0 spiro atoms. The zero-order valence-electron chi connectivity index (χ0n) is 21.5. The SMILES string of the molecule is CCOC(=O)C1=C(C)N=c2s/c(=C\c3cccc(OC)c3OCc3ccc(Br)cc3)c(=O)n2[C@H]1c1cccs1. The van der Waals surface area contributed by atoms with Gasteiger partial charge in [-0.15, -0.1) is 11.3 Å². The molecule has 2 aromatic carbocycles. The van der Waals surface area contributed by atoms with Crippen molar-refractivity contribution < 1.29 is 19.0 Å². The first-order valence-electron chi connectivity index (χ1n) is 12.2. The lowest BCUT2D eigenvalue weighted by Crippen LogP contribution is -2.39. The van der Waals surface area contributed by atoms with Crippen molar-refractivity contribution in [3.8, 4) is 11.5 Å². The first kappa shape index (κ1) is 27.1. The molecule has 4 aromatic rings. The van der Waals surface area contributed by atoms with Gasteiger partial charge in [0.2, 0.25) is 0 Å². The summed E-state index contributed by atoms with van der Waals surface area (Å²) in [7, 11) is 1.58. The number of thiazole rings is 1. The largest absolute Gasteiger partial charge is 0.493 e. The Hall–Kier alpha value is -3.47. The molecule has 0 saturated carbocycles. The molecule has 7 nitrogen and oxygen atoms in total. The average molecular weight is 626 g/mol. The maximum atomic E-state index is 13.9. The number of thiophene rings is 1. The van der Waals surface area contributed by atoms with Crippen LogP contribution >= 0.6 is 38.6 Å². The lowest BCUT2D eigenvalue weighted by atomic mass is 10.0. The van der Waals surface area contributed by atoms with Gasteiger partial charge in [-0.2, -0.15) is 0 Å². The Balaban J connectivity index is 1.61. The molecule has 0 fully saturated rings. The molecule has 0 bridgehead atoms. The van der Waals surface area contributed by atoms with Crippen molar-refractivity contribution in [2.24, 2.45) is 4.99 Å². The number of carbonyl (C=O) groups is 1. The standard InChI is InChI=1S/C29H25BrN2O5S2/c1-4-36-28(34)24-17(2)31-29-32(25(24)22-9-6-14-38-22)27(33)23(39-29)15-19-7-5-8-21(35-3)26(19)37-16-18-10-12-20(30)13-11-18/h5-15,25H,4,16H2,1-3H3/b23-15-/t25-/m0/s1. The molecular weight excluding hydrogens is 600 g/mol. The first-order chi connectivity index (χ1) is 18.9. The van der Waals surface area contributed by atoms with Gasteiger partial charge in [0.05, 0.1) is 29.5 Å². The van der Waals surface area contributed by atoms with Crippen LogP contribution in [0.5, 0.6) is 11.5 Å². The second kappa shape index (κ2) is 11.7. The van der Waals surface area contributed by atoms with Crippen LogP contribution in [-0.2, 0) is 16.1 Å². The van der Waals surface area contributed by atoms with Gasteiger partial charge in [-0.3, -0.25) is 9.36 Å². The van der Waals surface area contributed by atoms with Gasteiger partial charge in [-0.25, -0.2) is 9.79 Å². The molecule has 10 heteroatoms. The smallest absolute Gasteiger partial charge is 0.338 e. The third kappa shape index (κ3) is 5.50. The zero-order chi connectivity index (χ0) is 27.5. The van der Waals surface area contributed by atoms with Crippen molar-refractivity contribution in [3.63, 3.8) is 0 Å². The highest BCUT2D eigenvalue weighted by atomic mass is 79.9. The van der Waals surface area contributed by atoms with Gasteiger partial charge in [0.25, 0.3) is 5.56 Å². The van der Waals surface area contributed by atoms with Crippen LogP contribution in [0, 0.1) is 0 Å². The number of rotatable bonds is 8. The maximum absolute atomic E-state index is 13.9. The van der Waals surface area contributed by atoms with Gasteiger partial charge in [-0.05, 0) is 55.1 Å². The quantitative estimate of drug-likeness (QED) is 0.252. The van der Waals surface area contributed by atoms with Crippen LogP contribution in [0.1, 0.15) is 35.9 Å². The van der Waals surface area contributed by atoms with Crippen molar-refractivity contribution in [3.05, 3.63) is 111 Å². The number of halogens is 1. The Morgan fingerprint density at radius 3 is 2.64 bits per heavy atom. The van der Waals surface area contributed by atoms with E-state index >= 15 is 0 Å². The van der Waals surface area contributed by atoms with Gasteiger partial charge in [0, 0.05) is 14.9 Å². The minimum absolute atomic E-state index is 0.232. The summed E-state index contributed by atoms with van der Waals surface area (Å²) in [6.07, 6.45) is 1.79. The predicted molar refractivity (Wildman–Crippen MR) is 156 cm³/mol. The van der Waals surface area contributed by atoms with Gasteiger partial charge in [0.15, 0.2) is 16.3 Å². The highest BCUT2D eigenvalue weighted by Gasteiger charge is 2.33. The van der Waals surface area contributed by atoms with Crippen LogP contribution in [-0.4, -0.2) is 24.3 Å². The molecule has 2 aromatic heterocycles. The molecule has 200 valence electrons. The van der Waals surface area contributed by atoms with Gasteiger partial charge >= 0.3 is 5.97 Å². The summed E-state index contributed by atoms with van der Waals surface area (Å²) < 4.78 is 20.2. The topological polar surface area (TPSA) is 79.1 Å². The van der Waals surface area contributed by atoms with E-state index in [0.717, 1.165) is 14.9 Å². The molecule has 1 atom stereocenters. The van der Waals surface area contributed by atoms with E-state index < -0.39 is 12.0 Å². The Kier molecular flexibility index (Phi) is 8.15. The van der Waals surface area contributed by atoms with E-state index in [1.165, 1.54) is 22.7 Å². The van der Waals surface area contributed by atoms with E-state index in [-0.39, 0.29) is 12.2 Å². The van der Waals surface area contributed by atoms with E-state index in [1.54, 1.807) is 31.6 Å². The summed E-state index contributed by atoms with van der Waals surface area (Å²) >= 11 is 6.20. The number of benzene rings is 2. The van der Waals surface area contributed by atoms with E-state index in [4.69, 9.17) is 14.2 Å². The number of carbonyl (C=O) groups excluding carboxylic acids is 1. The molecular formula is C29H25BrN2O5S2. The summed E-state index contributed by atoms with van der Waals surface area (Å²) in [5, 5.41) is 1.93. The molecule has 0 amide bonds. The minimum atomic E-state index is -0.610. The van der Waals surface area contributed by atoms with Crippen molar-refractivity contribution in [1.82, 2.24) is 4.57 Å². The number of hydrogen-bond acceptors (Lipinski definition) is 8. The van der Waals surface area contributed by atoms with E-state index in [2.05, 4.69) is 20.9 Å². The molecule has 0 radical (unpaired) electrons. The lowest BCUT2D eigenvalue weighted by Gasteiger charge is -2.23. The maximum Gasteiger partial charge on any atom is 0.338 e. The fraction of sp³-hybridized carbons (Fsp3) is 0.207. The number of fused-ring (bicyclic) bond motifs is 1. The van der Waals surface area contributed by atoms with Gasteiger partial charge in [-0.1, -0.05) is 57.6 Å². The van der Waals surface area contributed by atoms with Crippen molar-refractivity contribution in [2.45, 2.75) is 26.5 Å². The number of allylic oxidation sites excluding steroid dienone is 1. The van der Waals surface area contributed by atoms with Gasteiger partial charge in [0.1, 0.15) is 12.6 Å². The van der Waals surface area contributed by atoms with E-state index in [9.17, 15) is 9.59 Å². The summed E-state index contributed by atoms with van der Waals surface area (Å²) in [5.41, 5.74) is 2.36. The van der Waals surface area contributed by atoms with Crippen LogP contribution in [0.3, 0.4) is 0 Å². The Morgan fingerprint density at radius 2 is 1.95 bits per heavy atom. The third-order valence-corrected chi connectivity index (χ3v) is 8.58. The molecule has 0 N–H and O–H groups in total. The average Bonchev–Trinajstić information content (AvgIpc) is 3.56. The number of hydrogen-bond donors (Lipinski definition) is 0. The number of methoxy groups -OCH3 is 1. The zero-order valence-corrected chi connectivity index (χ0v) is 24.7. The van der Waals surface area contributed by atoms with Crippen LogP contribution in [0.4, 0.5) is 0 Å². The molecule has 0 saturated heterocycles. The molecule has 0 unspecified atom stereocenters. The molecule has 1 aliphatic heterocycles. The summed E-state index contributed by atoms with van der Waals surface area (Å²) in [6, 6.07) is 16.6. The fourth-order valence-corrected chi connectivity index (χ4v) is 6.47. The molecule has 5 rings (SSSR count). The van der Waals surface area contributed by atoms with Crippen LogP contribution in [0.15, 0.2) is 85.5 Å². The highest BCUT2D eigenvalue weighted by molar-refractivity contribution is 9.10. The van der Waals surface area contributed by atoms with Crippen molar-refractivity contribution in [2.75, 3.05) is 13.7 Å². The van der Waals surface area contributed by atoms with E-state index in [0.29, 0.717) is 44.3 Å². The summed E-state index contributed by atoms with van der Waals surface area (Å²) in [6.45, 7) is 4.10. The van der Waals surface area contributed by atoms with Gasteiger partial charge < -0.3 is 14.2 Å². The third-order valence-electron chi connectivity index (χ3n) is 6.14. The second-order valence-electron chi connectivity index (χ2n) is 8.61. The normalized spacial score (nSPS) is 15.1. The number of nitrogens with zero attached hydrogens (tertiary/aromatic N) is 2. The molecule has 1 aliphatic rings. The summed E-state index contributed by atoms with van der Waals surface area (Å²) in [4.78, 5) is 32.9. The monoisotopic (exact) mass is 624 g/mol. The van der Waals surface area contributed by atoms with Crippen molar-refractivity contribution >= 4 is 50.6 Å². The number of esters is 1. The Labute approximate surface area is 241 Å².